The topological polar surface area (TPSA) is 58.6 Å². The number of carbonyl (C=O) groups is 2. The fourth-order valence-electron chi connectivity index (χ4n) is 3.38. The molecule has 172 valence electrons. The zero-order chi connectivity index (χ0) is 23.8. The van der Waals surface area contributed by atoms with Crippen LogP contribution >= 0.6 is 23.2 Å². The fraction of sp³-hybridized carbons (Fsp3) is 0.231. The molecule has 1 N–H and O–H groups in total. The van der Waals surface area contributed by atoms with E-state index in [0.29, 0.717) is 16.6 Å². The SMILES string of the molecule is COc1ccc(CN(C(=O)Cc2ccccc2)C(C)C(=O)NCc2ccc(Cl)cc2Cl)cc1. The van der Waals surface area contributed by atoms with Crippen LogP contribution < -0.4 is 10.1 Å². The summed E-state index contributed by atoms with van der Waals surface area (Å²) in [5.41, 5.74) is 2.54. The molecule has 3 aromatic carbocycles. The largest absolute Gasteiger partial charge is 0.497 e. The maximum atomic E-state index is 13.2. The summed E-state index contributed by atoms with van der Waals surface area (Å²) in [6, 6.07) is 21.4. The molecule has 0 aliphatic carbocycles. The van der Waals surface area contributed by atoms with Crippen LogP contribution in [0.15, 0.2) is 72.8 Å². The van der Waals surface area contributed by atoms with E-state index < -0.39 is 6.04 Å². The Hall–Kier alpha value is -3.02. The molecule has 0 radical (unpaired) electrons. The van der Waals surface area contributed by atoms with Gasteiger partial charge >= 0.3 is 0 Å². The fourth-order valence-corrected chi connectivity index (χ4v) is 3.85. The summed E-state index contributed by atoms with van der Waals surface area (Å²) in [6.07, 6.45) is 0.206. The van der Waals surface area contributed by atoms with Gasteiger partial charge in [0.1, 0.15) is 11.8 Å². The lowest BCUT2D eigenvalue weighted by Crippen LogP contribution is -2.48. The van der Waals surface area contributed by atoms with Crippen LogP contribution in [0.5, 0.6) is 5.75 Å². The smallest absolute Gasteiger partial charge is 0.242 e. The lowest BCUT2D eigenvalue weighted by Gasteiger charge is -2.29. The van der Waals surface area contributed by atoms with Crippen molar-refractivity contribution in [1.82, 2.24) is 10.2 Å². The first-order valence-electron chi connectivity index (χ1n) is 10.6. The van der Waals surface area contributed by atoms with Crippen molar-refractivity contribution in [2.24, 2.45) is 0 Å². The van der Waals surface area contributed by atoms with E-state index in [1.165, 1.54) is 0 Å². The number of halogens is 2. The third-order valence-electron chi connectivity index (χ3n) is 5.35. The second-order valence-electron chi connectivity index (χ2n) is 7.66. The molecule has 0 aliphatic heterocycles. The Morgan fingerprint density at radius 3 is 2.30 bits per heavy atom. The summed E-state index contributed by atoms with van der Waals surface area (Å²) < 4.78 is 5.21. The van der Waals surface area contributed by atoms with Crippen molar-refractivity contribution in [3.8, 4) is 5.75 Å². The number of nitrogens with zero attached hydrogens (tertiary/aromatic N) is 1. The van der Waals surface area contributed by atoms with E-state index in [1.54, 1.807) is 37.1 Å². The molecule has 0 spiro atoms. The minimum atomic E-state index is -0.686. The molecule has 2 amide bonds. The molecule has 0 aromatic heterocycles. The van der Waals surface area contributed by atoms with Crippen LogP contribution in [0.1, 0.15) is 23.6 Å². The van der Waals surface area contributed by atoms with Crippen LogP contribution in [0.2, 0.25) is 10.0 Å². The normalized spacial score (nSPS) is 11.5. The highest BCUT2D eigenvalue weighted by Gasteiger charge is 2.26. The molecule has 1 unspecified atom stereocenters. The van der Waals surface area contributed by atoms with E-state index in [2.05, 4.69) is 5.32 Å². The van der Waals surface area contributed by atoms with E-state index in [0.717, 1.165) is 22.4 Å². The summed E-state index contributed by atoms with van der Waals surface area (Å²) in [4.78, 5) is 27.8. The molecule has 1 atom stereocenters. The second-order valence-corrected chi connectivity index (χ2v) is 8.51. The van der Waals surface area contributed by atoms with Gasteiger partial charge in [-0.25, -0.2) is 0 Å². The van der Waals surface area contributed by atoms with E-state index in [1.807, 2.05) is 54.6 Å². The van der Waals surface area contributed by atoms with E-state index in [4.69, 9.17) is 27.9 Å². The summed E-state index contributed by atoms with van der Waals surface area (Å²) in [5, 5.41) is 3.89. The molecule has 0 fully saturated rings. The number of hydrogen-bond acceptors (Lipinski definition) is 3. The van der Waals surface area contributed by atoms with Gasteiger partial charge in [-0.05, 0) is 47.9 Å². The third-order valence-corrected chi connectivity index (χ3v) is 5.93. The number of carbonyl (C=O) groups excluding carboxylic acids is 2. The van der Waals surface area contributed by atoms with Gasteiger partial charge < -0.3 is 15.0 Å². The molecule has 33 heavy (non-hydrogen) atoms. The van der Waals surface area contributed by atoms with Crippen LogP contribution in [0.3, 0.4) is 0 Å². The molecule has 7 heteroatoms. The molecule has 0 aliphatic rings. The van der Waals surface area contributed by atoms with E-state index in [-0.39, 0.29) is 24.8 Å². The zero-order valence-electron chi connectivity index (χ0n) is 18.6. The summed E-state index contributed by atoms with van der Waals surface area (Å²) in [5.74, 6) is 0.326. The lowest BCUT2D eigenvalue weighted by atomic mass is 10.1. The van der Waals surface area contributed by atoms with E-state index in [9.17, 15) is 9.59 Å². The highest BCUT2D eigenvalue weighted by molar-refractivity contribution is 6.35. The molecule has 0 bridgehead atoms. The minimum Gasteiger partial charge on any atom is -0.497 e. The average Bonchev–Trinajstić information content (AvgIpc) is 2.82. The monoisotopic (exact) mass is 484 g/mol. The molecule has 0 saturated heterocycles. The molecule has 3 aromatic rings. The molecular formula is C26H26Cl2N2O3. The number of hydrogen-bond donors (Lipinski definition) is 1. The number of methoxy groups -OCH3 is 1. The molecule has 5 nitrogen and oxygen atoms in total. The minimum absolute atomic E-state index is 0.135. The van der Waals surface area contributed by atoms with Crippen LogP contribution in [-0.2, 0) is 29.1 Å². The second kappa shape index (κ2) is 11.7. The Kier molecular flexibility index (Phi) is 8.75. The lowest BCUT2D eigenvalue weighted by molar-refractivity contribution is -0.140. The molecule has 3 rings (SSSR count). The van der Waals surface area contributed by atoms with Gasteiger partial charge in [-0.3, -0.25) is 9.59 Å². The van der Waals surface area contributed by atoms with Crippen molar-refractivity contribution < 1.29 is 14.3 Å². The number of ether oxygens (including phenoxy) is 1. The van der Waals surface area contributed by atoms with Gasteiger partial charge in [-0.15, -0.1) is 0 Å². The summed E-state index contributed by atoms with van der Waals surface area (Å²) in [7, 11) is 1.60. The third kappa shape index (κ3) is 6.98. The maximum Gasteiger partial charge on any atom is 0.242 e. The van der Waals surface area contributed by atoms with Gasteiger partial charge in [-0.2, -0.15) is 0 Å². The number of nitrogens with one attached hydrogen (secondary N) is 1. The molecule has 0 heterocycles. The maximum absolute atomic E-state index is 13.2. The Balaban J connectivity index is 1.75. The Morgan fingerprint density at radius 2 is 1.67 bits per heavy atom. The van der Waals surface area contributed by atoms with Gasteiger partial charge in [0.25, 0.3) is 0 Å². The van der Waals surface area contributed by atoms with Crippen molar-refractivity contribution in [3.63, 3.8) is 0 Å². The highest BCUT2D eigenvalue weighted by Crippen LogP contribution is 2.21. The van der Waals surface area contributed by atoms with Crippen molar-refractivity contribution in [2.45, 2.75) is 32.5 Å². The van der Waals surface area contributed by atoms with Gasteiger partial charge in [0, 0.05) is 23.1 Å². The number of benzene rings is 3. The molecule has 0 saturated carbocycles. The number of amides is 2. The Morgan fingerprint density at radius 1 is 0.970 bits per heavy atom. The van der Waals surface area contributed by atoms with E-state index >= 15 is 0 Å². The Labute approximate surface area is 204 Å². The number of rotatable bonds is 9. The Bertz CT molecular complexity index is 1090. The molecular weight excluding hydrogens is 459 g/mol. The van der Waals surface area contributed by atoms with Gasteiger partial charge in [-0.1, -0.05) is 71.7 Å². The van der Waals surface area contributed by atoms with Crippen LogP contribution in [0.4, 0.5) is 0 Å². The first kappa shape index (κ1) is 24.6. The predicted octanol–water partition coefficient (Wildman–Crippen LogP) is 5.28. The standard InChI is InChI=1S/C26H26Cl2N2O3/c1-18(26(32)29-16-21-10-11-22(27)15-24(21)28)30(17-20-8-12-23(33-2)13-9-20)25(31)14-19-6-4-3-5-7-19/h3-13,15,18H,14,16-17H2,1-2H3,(H,29,32). The summed E-state index contributed by atoms with van der Waals surface area (Å²) >= 11 is 12.2. The summed E-state index contributed by atoms with van der Waals surface area (Å²) in [6.45, 7) is 2.26. The quantitative estimate of drug-likeness (QED) is 0.449. The van der Waals surface area contributed by atoms with Crippen molar-refractivity contribution in [2.75, 3.05) is 7.11 Å². The predicted molar refractivity (Wildman–Crippen MR) is 131 cm³/mol. The van der Waals surface area contributed by atoms with Crippen LogP contribution in [0.25, 0.3) is 0 Å². The van der Waals surface area contributed by atoms with Crippen molar-refractivity contribution in [1.29, 1.82) is 0 Å². The van der Waals surface area contributed by atoms with Crippen LogP contribution in [-0.4, -0.2) is 29.9 Å². The van der Waals surface area contributed by atoms with Gasteiger partial charge in [0.15, 0.2) is 0 Å². The first-order valence-corrected chi connectivity index (χ1v) is 11.3. The average molecular weight is 485 g/mol. The van der Waals surface area contributed by atoms with Crippen molar-refractivity contribution in [3.05, 3.63) is 99.5 Å². The zero-order valence-corrected chi connectivity index (χ0v) is 20.1. The highest BCUT2D eigenvalue weighted by atomic mass is 35.5. The van der Waals surface area contributed by atoms with Crippen molar-refractivity contribution >= 4 is 35.0 Å². The van der Waals surface area contributed by atoms with Gasteiger partial charge in [0.05, 0.1) is 13.5 Å². The van der Waals surface area contributed by atoms with Crippen LogP contribution in [0, 0.1) is 0 Å². The van der Waals surface area contributed by atoms with Gasteiger partial charge in [0.2, 0.25) is 11.8 Å². The first-order chi connectivity index (χ1) is 15.9.